The van der Waals surface area contributed by atoms with Crippen LogP contribution >= 0.6 is 24.8 Å². The number of carbonyl (C=O) groups excluding carboxylic acids is 1. The fourth-order valence-electron chi connectivity index (χ4n) is 1.89. The third kappa shape index (κ3) is 5.39. The molecule has 0 aliphatic carbocycles. The van der Waals surface area contributed by atoms with Crippen molar-refractivity contribution in [2.24, 2.45) is 11.1 Å². The zero-order valence-electron chi connectivity index (χ0n) is 12.8. The van der Waals surface area contributed by atoms with Crippen LogP contribution in [0.25, 0.3) is 0 Å². The second kappa shape index (κ2) is 9.29. The summed E-state index contributed by atoms with van der Waals surface area (Å²) in [4.78, 5) is 16.1. The summed E-state index contributed by atoms with van der Waals surface area (Å²) in [5, 5.41) is 2.72. The van der Waals surface area contributed by atoms with Crippen molar-refractivity contribution < 1.29 is 13.2 Å². The van der Waals surface area contributed by atoms with E-state index in [1.807, 2.05) is 13.8 Å². The van der Waals surface area contributed by atoms with Crippen LogP contribution in [0, 0.1) is 5.41 Å². The maximum absolute atomic E-state index is 12.3. The maximum Gasteiger partial charge on any atom is 0.231 e. The Balaban J connectivity index is 0. The second-order valence-corrected chi connectivity index (χ2v) is 6.77. The van der Waals surface area contributed by atoms with Crippen LogP contribution in [-0.2, 0) is 14.6 Å². The van der Waals surface area contributed by atoms with E-state index in [2.05, 4.69) is 10.3 Å². The monoisotopic (exact) mass is 371 g/mol. The number of amides is 1. The summed E-state index contributed by atoms with van der Waals surface area (Å²) in [6, 6.07) is 2.89. The molecule has 1 aromatic rings. The van der Waals surface area contributed by atoms with Crippen LogP contribution in [0.5, 0.6) is 0 Å². The summed E-state index contributed by atoms with van der Waals surface area (Å²) in [6.07, 6.45) is 3.70. The van der Waals surface area contributed by atoms with Crippen LogP contribution in [0.2, 0.25) is 0 Å². The van der Waals surface area contributed by atoms with E-state index in [0.29, 0.717) is 18.5 Å². The highest BCUT2D eigenvalue weighted by Crippen LogP contribution is 2.26. The van der Waals surface area contributed by atoms with Gasteiger partial charge >= 0.3 is 0 Å². The summed E-state index contributed by atoms with van der Waals surface area (Å²) < 4.78 is 22.6. The summed E-state index contributed by atoms with van der Waals surface area (Å²) in [5.74, 6) is -0.168. The van der Waals surface area contributed by atoms with Gasteiger partial charge in [-0.05, 0) is 25.0 Å². The minimum absolute atomic E-state index is 0. The van der Waals surface area contributed by atoms with Gasteiger partial charge in [0.25, 0.3) is 0 Å². The average Bonchev–Trinajstić information content (AvgIpc) is 2.41. The zero-order chi connectivity index (χ0) is 15.4. The second-order valence-electron chi connectivity index (χ2n) is 4.80. The smallest absolute Gasteiger partial charge is 0.231 e. The fourth-order valence-corrected chi connectivity index (χ4v) is 2.45. The predicted octanol–water partition coefficient (Wildman–Crippen LogP) is 2.03. The predicted molar refractivity (Wildman–Crippen MR) is 92.5 cm³/mol. The van der Waals surface area contributed by atoms with Crippen LogP contribution in [0.3, 0.4) is 0 Å². The van der Waals surface area contributed by atoms with Crippen molar-refractivity contribution in [3.8, 4) is 0 Å². The van der Waals surface area contributed by atoms with Gasteiger partial charge in [-0.25, -0.2) is 13.4 Å². The van der Waals surface area contributed by atoms with E-state index in [0.717, 1.165) is 6.26 Å². The Labute approximate surface area is 144 Å². The van der Waals surface area contributed by atoms with Crippen molar-refractivity contribution in [1.29, 1.82) is 0 Å². The molecule has 0 unspecified atom stereocenters. The molecule has 6 nitrogen and oxygen atoms in total. The molecule has 0 aliphatic heterocycles. The standard InChI is InChI=1S/C13H21N3O3S.2ClH/c1-4-13(5-2,9-14)12(17)16-10-6-7-11(15-8-10)20(3,18)19;;/h6-8H,4-5,9,14H2,1-3H3,(H,16,17);2*1H. The van der Waals surface area contributed by atoms with Gasteiger partial charge in [-0.1, -0.05) is 13.8 Å². The van der Waals surface area contributed by atoms with E-state index in [4.69, 9.17) is 5.73 Å². The zero-order valence-corrected chi connectivity index (χ0v) is 15.3. The molecule has 0 spiro atoms. The Morgan fingerprint density at radius 2 is 1.82 bits per heavy atom. The molecule has 1 aromatic heterocycles. The molecule has 1 rings (SSSR count). The van der Waals surface area contributed by atoms with Crippen molar-refractivity contribution in [3.63, 3.8) is 0 Å². The molecule has 0 aromatic carbocycles. The highest BCUT2D eigenvalue weighted by Gasteiger charge is 2.33. The van der Waals surface area contributed by atoms with E-state index in [9.17, 15) is 13.2 Å². The van der Waals surface area contributed by atoms with Crippen LogP contribution in [0.4, 0.5) is 5.69 Å². The molecule has 3 N–H and O–H groups in total. The van der Waals surface area contributed by atoms with E-state index in [1.54, 1.807) is 0 Å². The molecule has 0 bridgehead atoms. The van der Waals surface area contributed by atoms with Crippen LogP contribution in [0.1, 0.15) is 26.7 Å². The quantitative estimate of drug-likeness (QED) is 0.796. The Hall–Kier alpha value is -0.890. The first kappa shape index (κ1) is 23.4. The van der Waals surface area contributed by atoms with Crippen LogP contribution in [-0.4, -0.2) is 32.1 Å². The van der Waals surface area contributed by atoms with Gasteiger partial charge in [0.05, 0.1) is 17.3 Å². The Kier molecular flexibility index (Phi) is 9.88. The number of hydrogen-bond acceptors (Lipinski definition) is 5. The lowest BCUT2D eigenvalue weighted by molar-refractivity contribution is -0.125. The first-order valence-electron chi connectivity index (χ1n) is 6.46. The summed E-state index contributed by atoms with van der Waals surface area (Å²) in [7, 11) is -3.33. The number of nitrogens with one attached hydrogen (secondary N) is 1. The molecular weight excluding hydrogens is 349 g/mol. The Morgan fingerprint density at radius 1 is 1.27 bits per heavy atom. The van der Waals surface area contributed by atoms with Crippen molar-refractivity contribution in [3.05, 3.63) is 18.3 Å². The van der Waals surface area contributed by atoms with E-state index in [-0.39, 0.29) is 42.3 Å². The lowest BCUT2D eigenvalue weighted by atomic mass is 9.81. The number of aromatic nitrogens is 1. The van der Waals surface area contributed by atoms with Crippen molar-refractivity contribution in [1.82, 2.24) is 4.98 Å². The van der Waals surface area contributed by atoms with Gasteiger partial charge < -0.3 is 11.1 Å². The molecule has 1 heterocycles. The molecule has 0 atom stereocenters. The normalized spacial score (nSPS) is 11.1. The highest BCUT2D eigenvalue weighted by molar-refractivity contribution is 7.90. The van der Waals surface area contributed by atoms with Gasteiger partial charge in [0.2, 0.25) is 5.91 Å². The third-order valence-electron chi connectivity index (χ3n) is 3.60. The largest absolute Gasteiger partial charge is 0.329 e. The maximum atomic E-state index is 12.3. The van der Waals surface area contributed by atoms with Crippen molar-refractivity contribution in [2.45, 2.75) is 31.7 Å². The van der Waals surface area contributed by atoms with Crippen molar-refractivity contribution >= 4 is 46.2 Å². The number of rotatable bonds is 6. The van der Waals surface area contributed by atoms with Gasteiger partial charge in [0.15, 0.2) is 14.9 Å². The fraction of sp³-hybridized carbons (Fsp3) is 0.538. The molecular formula is C13H23Cl2N3O3S. The number of nitrogens with zero attached hydrogens (tertiary/aromatic N) is 1. The lowest BCUT2D eigenvalue weighted by Gasteiger charge is -2.28. The molecule has 1 amide bonds. The third-order valence-corrected chi connectivity index (χ3v) is 4.60. The number of hydrogen-bond donors (Lipinski definition) is 2. The Morgan fingerprint density at radius 3 is 2.14 bits per heavy atom. The molecule has 22 heavy (non-hydrogen) atoms. The van der Waals surface area contributed by atoms with Crippen LogP contribution in [0.15, 0.2) is 23.4 Å². The number of pyridine rings is 1. The van der Waals surface area contributed by atoms with Gasteiger partial charge in [-0.15, -0.1) is 24.8 Å². The molecule has 128 valence electrons. The Bertz CT molecular complexity index is 564. The molecule has 0 radical (unpaired) electrons. The first-order chi connectivity index (χ1) is 9.29. The van der Waals surface area contributed by atoms with Gasteiger partial charge in [0, 0.05) is 12.8 Å². The SMILES string of the molecule is CCC(CC)(CN)C(=O)Nc1ccc(S(C)(=O)=O)nc1.Cl.Cl. The van der Waals surface area contributed by atoms with Crippen molar-refractivity contribution in [2.75, 3.05) is 18.1 Å². The molecule has 0 fully saturated rings. The molecule has 0 aliphatic rings. The van der Waals surface area contributed by atoms with Gasteiger partial charge in [-0.2, -0.15) is 0 Å². The average molecular weight is 372 g/mol. The summed E-state index contributed by atoms with van der Waals surface area (Å²) in [6.45, 7) is 4.10. The summed E-state index contributed by atoms with van der Waals surface area (Å²) >= 11 is 0. The van der Waals surface area contributed by atoms with Gasteiger partial charge in [-0.3, -0.25) is 4.79 Å². The highest BCUT2D eigenvalue weighted by atomic mass is 35.5. The molecule has 0 saturated heterocycles. The number of nitrogens with two attached hydrogens (primary N) is 1. The number of carbonyl (C=O) groups is 1. The van der Waals surface area contributed by atoms with Gasteiger partial charge in [0.1, 0.15) is 0 Å². The number of anilines is 1. The summed E-state index contributed by atoms with van der Waals surface area (Å²) in [5.41, 5.74) is 5.57. The number of halogens is 2. The van der Waals surface area contributed by atoms with E-state index >= 15 is 0 Å². The molecule has 0 saturated carbocycles. The minimum atomic E-state index is -3.33. The van der Waals surface area contributed by atoms with Crippen LogP contribution < -0.4 is 11.1 Å². The topological polar surface area (TPSA) is 102 Å². The van der Waals surface area contributed by atoms with E-state index < -0.39 is 15.3 Å². The minimum Gasteiger partial charge on any atom is -0.329 e. The first-order valence-corrected chi connectivity index (χ1v) is 8.36. The molecule has 9 heteroatoms. The lowest BCUT2D eigenvalue weighted by Crippen LogP contribution is -2.41. The van der Waals surface area contributed by atoms with E-state index in [1.165, 1.54) is 18.3 Å². The number of sulfone groups is 1.